The highest BCUT2D eigenvalue weighted by Crippen LogP contribution is 2.29. The lowest BCUT2D eigenvalue weighted by molar-refractivity contribution is 0.272. The molecule has 5 heteroatoms. The Bertz CT molecular complexity index is 380. The normalized spacial score (nSPS) is 21.9. The quantitative estimate of drug-likeness (QED) is 0.903. The van der Waals surface area contributed by atoms with Crippen molar-refractivity contribution < 1.29 is 0 Å². The van der Waals surface area contributed by atoms with Crippen molar-refractivity contribution >= 4 is 21.7 Å². The van der Waals surface area contributed by atoms with Gasteiger partial charge in [-0.1, -0.05) is 0 Å². The average molecular weight is 285 g/mol. The molecule has 16 heavy (non-hydrogen) atoms. The molecule has 2 N–H and O–H groups in total. The molecule has 0 radical (unpaired) electrons. The van der Waals surface area contributed by atoms with E-state index in [9.17, 15) is 0 Å². The fourth-order valence-electron chi connectivity index (χ4n) is 2.09. The second-order valence-corrected chi connectivity index (χ2v) is 5.43. The number of halogens is 1. The molecule has 1 fully saturated rings. The molecule has 0 aliphatic carbocycles. The van der Waals surface area contributed by atoms with Crippen molar-refractivity contribution in [3.63, 3.8) is 0 Å². The number of rotatable bonds is 2. The summed E-state index contributed by atoms with van der Waals surface area (Å²) in [6.07, 6.45) is 1.16. The van der Waals surface area contributed by atoms with Gasteiger partial charge in [0.25, 0.3) is 0 Å². The van der Waals surface area contributed by atoms with Crippen molar-refractivity contribution in [3.05, 3.63) is 16.2 Å². The molecule has 1 unspecified atom stereocenters. The summed E-state index contributed by atoms with van der Waals surface area (Å²) in [5.41, 5.74) is 6.68. The summed E-state index contributed by atoms with van der Waals surface area (Å²) in [5, 5.41) is 8.14. The van der Waals surface area contributed by atoms with Crippen molar-refractivity contribution in [1.29, 1.82) is 0 Å². The van der Waals surface area contributed by atoms with E-state index in [1.165, 1.54) is 0 Å². The summed E-state index contributed by atoms with van der Waals surface area (Å²) in [5.74, 6) is 0.953. The minimum absolute atomic E-state index is 0.461. The highest BCUT2D eigenvalue weighted by molar-refractivity contribution is 9.10. The summed E-state index contributed by atoms with van der Waals surface area (Å²) in [7, 11) is 0. The van der Waals surface area contributed by atoms with Crippen LogP contribution in [-0.4, -0.2) is 34.2 Å². The van der Waals surface area contributed by atoms with Crippen molar-refractivity contribution in [2.45, 2.75) is 32.2 Å². The predicted octanol–water partition coefficient (Wildman–Crippen LogP) is 2.02. The third kappa shape index (κ3) is 2.35. The minimum atomic E-state index is 0.461. The van der Waals surface area contributed by atoms with E-state index in [-0.39, 0.29) is 0 Å². The number of likely N-dealkylation sites (tertiary alicyclic amines) is 1. The molecule has 1 aromatic rings. The van der Waals surface area contributed by atoms with Crippen LogP contribution in [0, 0.1) is 0 Å². The van der Waals surface area contributed by atoms with Crippen LogP contribution in [0.3, 0.4) is 0 Å². The van der Waals surface area contributed by atoms with E-state index in [4.69, 9.17) is 5.73 Å². The van der Waals surface area contributed by atoms with Gasteiger partial charge in [-0.15, -0.1) is 5.10 Å². The summed E-state index contributed by atoms with van der Waals surface area (Å²) < 4.78 is 0.848. The number of aromatic nitrogens is 2. The fourth-order valence-corrected chi connectivity index (χ4v) is 2.40. The monoisotopic (exact) mass is 284 g/mol. The highest BCUT2D eigenvalue weighted by Gasteiger charge is 2.26. The molecule has 4 nitrogen and oxygen atoms in total. The number of hydrogen-bond acceptors (Lipinski definition) is 4. The Labute approximate surface area is 104 Å². The van der Waals surface area contributed by atoms with Gasteiger partial charge in [0.1, 0.15) is 0 Å². The van der Waals surface area contributed by atoms with Crippen LogP contribution in [0.2, 0.25) is 0 Å². The lowest BCUT2D eigenvalue weighted by atomic mass is 10.1. The van der Waals surface area contributed by atoms with Gasteiger partial charge in [0.05, 0.1) is 10.2 Å². The highest BCUT2D eigenvalue weighted by atomic mass is 79.9. The van der Waals surface area contributed by atoms with Crippen LogP contribution in [0.5, 0.6) is 0 Å². The largest absolute Gasteiger partial charge is 0.381 e. The second-order valence-electron chi connectivity index (χ2n) is 4.58. The first-order chi connectivity index (χ1) is 7.58. The molecule has 1 aromatic heterocycles. The van der Waals surface area contributed by atoms with Crippen molar-refractivity contribution in [2.24, 2.45) is 0 Å². The molecule has 2 heterocycles. The molecule has 1 aliphatic rings. The summed E-state index contributed by atoms with van der Waals surface area (Å²) >= 11 is 3.40. The Morgan fingerprint density at radius 2 is 2.25 bits per heavy atom. The standard InChI is InChI=1S/C11H17BrN4/c1-7(2)16-4-3-8(6-16)10-5-9(12)11(13)15-14-10/h5,7-8H,3-4,6H2,1-2H3,(H2,13,15). The SMILES string of the molecule is CC(C)N1CCC(c2cc(Br)c(N)nn2)C1. The van der Waals surface area contributed by atoms with Crippen LogP contribution in [0.25, 0.3) is 0 Å². The van der Waals surface area contributed by atoms with Gasteiger partial charge in [-0.3, -0.25) is 0 Å². The molecule has 0 saturated carbocycles. The zero-order valence-electron chi connectivity index (χ0n) is 9.65. The maximum atomic E-state index is 5.63. The maximum Gasteiger partial charge on any atom is 0.160 e. The molecule has 1 saturated heterocycles. The van der Waals surface area contributed by atoms with Gasteiger partial charge in [-0.2, -0.15) is 5.10 Å². The lowest BCUT2D eigenvalue weighted by Crippen LogP contribution is -2.28. The molecule has 0 spiro atoms. The fraction of sp³-hybridized carbons (Fsp3) is 0.636. The van der Waals surface area contributed by atoms with Crippen LogP contribution < -0.4 is 5.73 Å². The average Bonchev–Trinajstić information content (AvgIpc) is 2.71. The van der Waals surface area contributed by atoms with Gasteiger partial charge >= 0.3 is 0 Å². The molecular weight excluding hydrogens is 268 g/mol. The molecule has 88 valence electrons. The Morgan fingerprint density at radius 3 is 2.81 bits per heavy atom. The van der Waals surface area contributed by atoms with Crippen molar-refractivity contribution in [3.8, 4) is 0 Å². The Kier molecular flexibility index (Phi) is 3.44. The molecular formula is C11H17BrN4. The molecule has 0 amide bonds. The predicted molar refractivity (Wildman–Crippen MR) is 68.2 cm³/mol. The van der Waals surface area contributed by atoms with Gasteiger partial charge in [0.2, 0.25) is 0 Å². The lowest BCUT2D eigenvalue weighted by Gasteiger charge is -2.19. The number of anilines is 1. The first-order valence-electron chi connectivity index (χ1n) is 5.60. The van der Waals surface area contributed by atoms with E-state index in [0.29, 0.717) is 17.8 Å². The van der Waals surface area contributed by atoms with Gasteiger partial charge in [-0.05, 0) is 48.8 Å². The Hall–Kier alpha value is -0.680. The first-order valence-corrected chi connectivity index (χ1v) is 6.40. The summed E-state index contributed by atoms with van der Waals surface area (Å²) in [6, 6.07) is 2.60. The molecule has 0 aromatic carbocycles. The van der Waals surface area contributed by atoms with E-state index < -0.39 is 0 Å². The van der Waals surface area contributed by atoms with Crippen LogP contribution in [0.15, 0.2) is 10.5 Å². The first kappa shape index (κ1) is 11.8. The van der Waals surface area contributed by atoms with Crippen molar-refractivity contribution in [1.82, 2.24) is 15.1 Å². The Morgan fingerprint density at radius 1 is 1.50 bits per heavy atom. The van der Waals surface area contributed by atoms with Crippen LogP contribution in [0.4, 0.5) is 5.82 Å². The topological polar surface area (TPSA) is 55.0 Å². The molecule has 2 rings (SSSR count). The third-order valence-corrected chi connectivity index (χ3v) is 3.80. The number of nitrogen functional groups attached to an aromatic ring is 1. The maximum absolute atomic E-state index is 5.63. The van der Waals surface area contributed by atoms with E-state index >= 15 is 0 Å². The molecule has 1 aliphatic heterocycles. The number of nitrogens with zero attached hydrogens (tertiary/aromatic N) is 3. The van der Waals surface area contributed by atoms with Crippen LogP contribution in [0.1, 0.15) is 31.9 Å². The molecule has 1 atom stereocenters. The smallest absolute Gasteiger partial charge is 0.160 e. The van der Waals surface area contributed by atoms with E-state index in [1.807, 2.05) is 6.07 Å². The summed E-state index contributed by atoms with van der Waals surface area (Å²) in [6.45, 7) is 6.68. The van der Waals surface area contributed by atoms with Gasteiger partial charge in [0.15, 0.2) is 5.82 Å². The van der Waals surface area contributed by atoms with Gasteiger partial charge < -0.3 is 10.6 Å². The molecule has 0 bridgehead atoms. The zero-order valence-corrected chi connectivity index (χ0v) is 11.2. The third-order valence-electron chi connectivity index (χ3n) is 3.16. The number of nitrogens with two attached hydrogens (primary N) is 1. The minimum Gasteiger partial charge on any atom is -0.381 e. The van der Waals surface area contributed by atoms with Gasteiger partial charge in [0, 0.05) is 18.5 Å². The second kappa shape index (κ2) is 4.67. The van der Waals surface area contributed by atoms with E-state index in [2.05, 4.69) is 44.9 Å². The number of hydrogen-bond donors (Lipinski definition) is 1. The van der Waals surface area contributed by atoms with E-state index in [1.54, 1.807) is 0 Å². The van der Waals surface area contributed by atoms with E-state index in [0.717, 1.165) is 29.7 Å². The van der Waals surface area contributed by atoms with Crippen LogP contribution in [-0.2, 0) is 0 Å². The Balaban J connectivity index is 2.11. The zero-order chi connectivity index (χ0) is 11.7. The van der Waals surface area contributed by atoms with Crippen molar-refractivity contribution in [2.75, 3.05) is 18.8 Å². The summed E-state index contributed by atoms with van der Waals surface area (Å²) in [4.78, 5) is 2.47. The van der Waals surface area contributed by atoms with Gasteiger partial charge in [-0.25, -0.2) is 0 Å². The van der Waals surface area contributed by atoms with Crippen LogP contribution >= 0.6 is 15.9 Å².